The highest BCUT2D eigenvalue weighted by Gasteiger charge is 2.01. The van der Waals surface area contributed by atoms with Crippen LogP contribution in [0.1, 0.15) is 13.8 Å². The van der Waals surface area contributed by atoms with Crippen LogP contribution in [0.25, 0.3) is 0 Å². The standard InChI is InChI=1S/C8H15N2.ClH/c1-8(2)6-10-5-4-9(3)7-10;/h4-5,7-8H,6H2,1-3H3;1H/q+1;/p-1. The van der Waals surface area contributed by atoms with E-state index >= 15 is 0 Å². The number of halogens is 1. The Kier molecular flexibility index (Phi) is 4.19. The van der Waals surface area contributed by atoms with Gasteiger partial charge in [-0.05, 0) is 5.92 Å². The predicted molar refractivity (Wildman–Crippen MR) is 40.4 cm³/mol. The molecular formula is C8H15ClN2. The van der Waals surface area contributed by atoms with Crippen molar-refractivity contribution in [2.75, 3.05) is 0 Å². The third-order valence-corrected chi connectivity index (χ3v) is 1.40. The monoisotopic (exact) mass is 174 g/mol. The summed E-state index contributed by atoms with van der Waals surface area (Å²) in [5.41, 5.74) is 0. The summed E-state index contributed by atoms with van der Waals surface area (Å²) < 4.78 is 4.26. The van der Waals surface area contributed by atoms with Crippen molar-refractivity contribution in [3.8, 4) is 0 Å². The largest absolute Gasteiger partial charge is 1.00 e. The van der Waals surface area contributed by atoms with E-state index in [0.29, 0.717) is 0 Å². The highest BCUT2D eigenvalue weighted by Crippen LogP contribution is 1.89. The zero-order valence-corrected chi connectivity index (χ0v) is 8.04. The minimum absolute atomic E-state index is 0. The molecule has 0 saturated heterocycles. The lowest BCUT2D eigenvalue weighted by molar-refractivity contribution is -0.701. The van der Waals surface area contributed by atoms with Gasteiger partial charge in [-0.3, -0.25) is 0 Å². The number of hydrogen-bond acceptors (Lipinski definition) is 0. The molecule has 0 aliphatic heterocycles. The first kappa shape index (κ1) is 10.5. The molecule has 0 bridgehead atoms. The van der Waals surface area contributed by atoms with Crippen LogP contribution in [0.4, 0.5) is 0 Å². The first-order chi connectivity index (χ1) is 4.68. The fourth-order valence-electron chi connectivity index (χ4n) is 1.03. The Balaban J connectivity index is 0.000001000. The van der Waals surface area contributed by atoms with Gasteiger partial charge in [-0.1, -0.05) is 13.8 Å². The lowest BCUT2D eigenvalue weighted by Gasteiger charge is -1.97. The van der Waals surface area contributed by atoms with Gasteiger partial charge in [0.2, 0.25) is 6.33 Å². The van der Waals surface area contributed by atoms with Crippen LogP contribution in [0.15, 0.2) is 18.7 Å². The molecule has 64 valence electrons. The van der Waals surface area contributed by atoms with Gasteiger partial charge in [-0.2, -0.15) is 0 Å². The summed E-state index contributed by atoms with van der Waals surface area (Å²) in [4.78, 5) is 0. The van der Waals surface area contributed by atoms with Gasteiger partial charge in [-0.15, -0.1) is 0 Å². The van der Waals surface area contributed by atoms with Gasteiger partial charge in [0.1, 0.15) is 12.4 Å². The Morgan fingerprint density at radius 1 is 1.45 bits per heavy atom. The normalized spacial score (nSPS) is 9.82. The molecule has 0 fully saturated rings. The molecule has 1 heterocycles. The third-order valence-electron chi connectivity index (χ3n) is 1.40. The summed E-state index contributed by atoms with van der Waals surface area (Å²) in [5.74, 6) is 0.729. The summed E-state index contributed by atoms with van der Waals surface area (Å²) in [7, 11) is 2.04. The van der Waals surface area contributed by atoms with Crippen LogP contribution >= 0.6 is 0 Å². The van der Waals surface area contributed by atoms with Gasteiger partial charge in [0.05, 0.1) is 13.6 Å². The molecule has 1 rings (SSSR count). The molecule has 0 unspecified atom stereocenters. The van der Waals surface area contributed by atoms with Gasteiger partial charge in [-0.25, -0.2) is 9.13 Å². The SMILES string of the molecule is CC(C)C[n+]1ccn(C)c1.[Cl-]. The second-order valence-electron chi connectivity index (χ2n) is 3.17. The van der Waals surface area contributed by atoms with Crippen molar-refractivity contribution in [2.45, 2.75) is 20.4 Å². The molecule has 2 nitrogen and oxygen atoms in total. The number of imidazole rings is 1. The van der Waals surface area contributed by atoms with Crippen molar-refractivity contribution in [1.82, 2.24) is 4.57 Å². The van der Waals surface area contributed by atoms with Crippen LogP contribution in [0.3, 0.4) is 0 Å². The van der Waals surface area contributed by atoms with E-state index < -0.39 is 0 Å². The van der Waals surface area contributed by atoms with Gasteiger partial charge in [0.15, 0.2) is 0 Å². The summed E-state index contributed by atoms with van der Waals surface area (Å²) >= 11 is 0. The first-order valence-corrected chi connectivity index (χ1v) is 3.69. The zero-order valence-electron chi connectivity index (χ0n) is 7.29. The van der Waals surface area contributed by atoms with Crippen molar-refractivity contribution >= 4 is 0 Å². The van der Waals surface area contributed by atoms with Crippen LogP contribution in [-0.4, -0.2) is 4.57 Å². The molecule has 0 aliphatic carbocycles. The summed E-state index contributed by atoms with van der Waals surface area (Å²) in [6, 6.07) is 0. The lowest BCUT2D eigenvalue weighted by atomic mass is 10.2. The quantitative estimate of drug-likeness (QED) is 0.458. The van der Waals surface area contributed by atoms with E-state index in [1.54, 1.807) is 0 Å². The Labute approximate surface area is 74.3 Å². The van der Waals surface area contributed by atoms with E-state index in [1.807, 2.05) is 7.05 Å². The third kappa shape index (κ3) is 3.42. The molecule has 3 heteroatoms. The van der Waals surface area contributed by atoms with Crippen molar-refractivity contribution in [3.63, 3.8) is 0 Å². The Hall–Kier alpha value is -0.500. The van der Waals surface area contributed by atoms with E-state index in [0.717, 1.165) is 12.5 Å². The molecule has 0 amide bonds. The molecule has 0 spiro atoms. The zero-order chi connectivity index (χ0) is 7.56. The second-order valence-corrected chi connectivity index (χ2v) is 3.17. The van der Waals surface area contributed by atoms with Gasteiger partial charge >= 0.3 is 0 Å². The van der Waals surface area contributed by atoms with Crippen LogP contribution in [-0.2, 0) is 13.6 Å². The average Bonchev–Trinajstić information content (AvgIpc) is 2.13. The van der Waals surface area contributed by atoms with Crippen molar-refractivity contribution in [3.05, 3.63) is 18.7 Å². The number of aryl methyl sites for hydroxylation is 1. The second kappa shape index (κ2) is 4.39. The average molecular weight is 175 g/mol. The minimum Gasteiger partial charge on any atom is -1.00 e. The summed E-state index contributed by atoms with van der Waals surface area (Å²) in [5, 5.41) is 0. The number of rotatable bonds is 2. The molecule has 1 aromatic heterocycles. The first-order valence-electron chi connectivity index (χ1n) is 3.69. The molecule has 1 aromatic rings. The summed E-state index contributed by atoms with van der Waals surface area (Å²) in [6.07, 6.45) is 6.25. The van der Waals surface area contributed by atoms with Crippen LogP contribution in [0, 0.1) is 5.92 Å². The highest BCUT2D eigenvalue weighted by atomic mass is 35.5. The number of hydrogen-bond donors (Lipinski definition) is 0. The number of nitrogens with zero attached hydrogens (tertiary/aromatic N) is 2. The smallest absolute Gasteiger partial charge is 0.243 e. The molecule has 0 aromatic carbocycles. The van der Waals surface area contributed by atoms with E-state index in [1.165, 1.54) is 0 Å². The molecule has 11 heavy (non-hydrogen) atoms. The van der Waals surface area contributed by atoms with Gasteiger partial charge in [0.25, 0.3) is 0 Å². The fraction of sp³-hybridized carbons (Fsp3) is 0.625. The van der Waals surface area contributed by atoms with E-state index in [9.17, 15) is 0 Å². The molecule has 0 radical (unpaired) electrons. The lowest BCUT2D eigenvalue weighted by Crippen LogP contribution is -3.00. The minimum atomic E-state index is 0. The van der Waals surface area contributed by atoms with Gasteiger partial charge in [0, 0.05) is 0 Å². The van der Waals surface area contributed by atoms with Crippen molar-refractivity contribution < 1.29 is 17.0 Å². The molecular weight excluding hydrogens is 160 g/mol. The fourth-order valence-corrected chi connectivity index (χ4v) is 1.03. The summed E-state index contributed by atoms with van der Waals surface area (Å²) in [6.45, 7) is 5.56. The maximum Gasteiger partial charge on any atom is 0.243 e. The molecule has 0 atom stereocenters. The van der Waals surface area contributed by atoms with E-state index in [4.69, 9.17) is 0 Å². The van der Waals surface area contributed by atoms with E-state index in [2.05, 4.69) is 41.7 Å². The van der Waals surface area contributed by atoms with E-state index in [-0.39, 0.29) is 12.4 Å². The topological polar surface area (TPSA) is 8.81 Å². The highest BCUT2D eigenvalue weighted by molar-refractivity contribution is 4.62. The van der Waals surface area contributed by atoms with Crippen molar-refractivity contribution in [2.24, 2.45) is 13.0 Å². The van der Waals surface area contributed by atoms with Crippen molar-refractivity contribution in [1.29, 1.82) is 0 Å². The molecule has 0 aliphatic rings. The number of aromatic nitrogens is 2. The Morgan fingerprint density at radius 2 is 2.09 bits per heavy atom. The maximum absolute atomic E-state index is 2.22. The predicted octanol–water partition coefficient (Wildman–Crippen LogP) is -2.03. The Morgan fingerprint density at radius 3 is 2.45 bits per heavy atom. The van der Waals surface area contributed by atoms with Crippen LogP contribution in [0.2, 0.25) is 0 Å². The van der Waals surface area contributed by atoms with Gasteiger partial charge < -0.3 is 12.4 Å². The van der Waals surface area contributed by atoms with Crippen LogP contribution in [0.5, 0.6) is 0 Å². The molecule has 0 N–H and O–H groups in total. The maximum atomic E-state index is 2.22. The van der Waals surface area contributed by atoms with Crippen LogP contribution < -0.4 is 17.0 Å². The molecule has 0 saturated carbocycles. The Bertz CT molecular complexity index is 206.